The lowest BCUT2D eigenvalue weighted by atomic mass is 10.2. The van der Waals surface area contributed by atoms with E-state index in [4.69, 9.17) is 21.1 Å². The van der Waals surface area contributed by atoms with Crippen LogP contribution in [0.3, 0.4) is 0 Å². The lowest BCUT2D eigenvalue weighted by molar-refractivity contribution is -0.119. The van der Waals surface area contributed by atoms with E-state index in [1.54, 1.807) is 19.1 Å². The Morgan fingerprint density at radius 1 is 1.09 bits per heavy atom. The fourth-order valence-corrected chi connectivity index (χ4v) is 3.81. The molecule has 0 unspecified atom stereocenters. The van der Waals surface area contributed by atoms with Gasteiger partial charge in [-0.15, -0.1) is 0 Å². The molecule has 1 N–H and O–H groups in total. The van der Waals surface area contributed by atoms with E-state index in [2.05, 4.69) is 15.3 Å². The lowest BCUT2D eigenvalue weighted by Crippen LogP contribution is -2.36. The maximum atomic E-state index is 13.2. The Kier molecular flexibility index (Phi) is 6.90. The molecule has 172 valence electrons. The second-order valence-corrected chi connectivity index (χ2v) is 7.77. The summed E-state index contributed by atoms with van der Waals surface area (Å²) >= 11 is 6.32. The van der Waals surface area contributed by atoms with Crippen molar-refractivity contribution in [2.75, 3.05) is 43.1 Å². The van der Waals surface area contributed by atoms with Gasteiger partial charge in [-0.3, -0.25) is 4.79 Å². The molecule has 1 aromatic heterocycles. The zero-order valence-corrected chi connectivity index (χ0v) is 18.6. The van der Waals surface area contributed by atoms with Crippen LogP contribution in [0.15, 0.2) is 48.5 Å². The SMILES string of the molecule is Cc1nn(-c2ccc(F)cc2)c(Cl)c1C(=O)OCC(=O)Nc1ccc(N2CCOCC2)cc1. The van der Waals surface area contributed by atoms with E-state index in [9.17, 15) is 14.0 Å². The minimum Gasteiger partial charge on any atom is -0.452 e. The third kappa shape index (κ3) is 5.32. The Morgan fingerprint density at radius 3 is 2.39 bits per heavy atom. The normalized spacial score (nSPS) is 13.6. The van der Waals surface area contributed by atoms with Gasteiger partial charge in [0.1, 0.15) is 16.5 Å². The number of ether oxygens (including phenoxy) is 2. The van der Waals surface area contributed by atoms with Crippen LogP contribution < -0.4 is 10.2 Å². The van der Waals surface area contributed by atoms with Crippen molar-refractivity contribution in [1.29, 1.82) is 0 Å². The van der Waals surface area contributed by atoms with Gasteiger partial charge in [0.05, 0.1) is 24.6 Å². The average Bonchev–Trinajstić information content (AvgIpc) is 3.13. The molecule has 4 rings (SSSR count). The third-order valence-corrected chi connectivity index (χ3v) is 5.49. The lowest BCUT2D eigenvalue weighted by Gasteiger charge is -2.28. The van der Waals surface area contributed by atoms with Gasteiger partial charge in [-0.05, 0) is 55.5 Å². The first-order chi connectivity index (χ1) is 15.9. The summed E-state index contributed by atoms with van der Waals surface area (Å²) in [7, 11) is 0. The third-order valence-electron chi connectivity index (χ3n) is 5.14. The predicted octanol–water partition coefficient (Wildman–Crippen LogP) is 3.61. The highest BCUT2D eigenvalue weighted by atomic mass is 35.5. The molecule has 0 spiro atoms. The van der Waals surface area contributed by atoms with Crippen molar-refractivity contribution in [3.63, 3.8) is 0 Å². The zero-order valence-electron chi connectivity index (χ0n) is 17.9. The summed E-state index contributed by atoms with van der Waals surface area (Å²) in [4.78, 5) is 27.0. The van der Waals surface area contributed by atoms with Crippen LogP contribution in [0.4, 0.5) is 15.8 Å². The van der Waals surface area contributed by atoms with E-state index in [0.717, 1.165) is 18.8 Å². The van der Waals surface area contributed by atoms with Crippen LogP contribution in [0, 0.1) is 12.7 Å². The molecule has 2 aromatic carbocycles. The molecule has 1 fully saturated rings. The Morgan fingerprint density at radius 2 is 1.73 bits per heavy atom. The highest BCUT2D eigenvalue weighted by molar-refractivity contribution is 6.33. The molecule has 0 bridgehead atoms. The summed E-state index contributed by atoms with van der Waals surface area (Å²) in [5, 5.41) is 6.93. The minimum absolute atomic E-state index is 0.0169. The van der Waals surface area contributed by atoms with Crippen LogP contribution in [0.2, 0.25) is 5.15 Å². The number of aromatic nitrogens is 2. The maximum absolute atomic E-state index is 13.2. The van der Waals surface area contributed by atoms with E-state index in [1.807, 2.05) is 12.1 Å². The first kappa shape index (κ1) is 22.8. The molecule has 2 heterocycles. The Labute approximate surface area is 194 Å². The highest BCUT2D eigenvalue weighted by Crippen LogP contribution is 2.24. The number of carbonyl (C=O) groups excluding carboxylic acids is 2. The molecule has 10 heteroatoms. The number of hydrogen-bond acceptors (Lipinski definition) is 6. The average molecular weight is 473 g/mol. The number of rotatable bonds is 6. The first-order valence-electron chi connectivity index (χ1n) is 10.3. The number of nitrogens with one attached hydrogen (secondary N) is 1. The van der Waals surface area contributed by atoms with E-state index in [-0.39, 0.29) is 10.7 Å². The molecule has 1 aliphatic rings. The van der Waals surface area contributed by atoms with Gasteiger partial charge in [0.15, 0.2) is 6.61 Å². The van der Waals surface area contributed by atoms with Crippen molar-refractivity contribution >= 4 is 34.9 Å². The highest BCUT2D eigenvalue weighted by Gasteiger charge is 2.23. The Bertz CT molecular complexity index is 1140. The number of benzene rings is 2. The molecule has 0 atom stereocenters. The summed E-state index contributed by atoms with van der Waals surface area (Å²) < 4.78 is 25.0. The summed E-state index contributed by atoms with van der Waals surface area (Å²) in [6.07, 6.45) is 0. The molecule has 33 heavy (non-hydrogen) atoms. The molecule has 0 aliphatic carbocycles. The first-order valence-corrected chi connectivity index (χ1v) is 10.7. The largest absolute Gasteiger partial charge is 0.452 e. The van der Waals surface area contributed by atoms with Crippen LogP contribution in [-0.4, -0.2) is 54.6 Å². The monoisotopic (exact) mass is 472 g/mol. The van der Waals surface area contributed by atoms with Gasteiger partial charge >= 0.3 is 5.97 Å². The van der Waals surface area contributed by atoms with Crippen molar-refractivity contribution in [3.8, 4) is 5.69 Å². The summed E-state index contributed by atoms with van der Waals surface area (Å²) in [6.45, 7) is 4.13. The number of esters is 1. The van der Waals surface area contributed by atoms with Gasteiger partial charge in [-0.2, -0.15) is 5.10 Å². The fourth-order valence-electron chi connectivity index (χ4n) is 3.46. The van der Waals surface area contributed by atoms with Gasteiger partial charge in [0.2, 0.25) is 0 Å². The van der Waals surface area contributed by atoms with Gasteiger partial charge in [0.25, 0.3) is 5.91 Å². The number of hydrogen-bond donors (Lipinski definition) is 1. The predicted molar refractivity (Wildman–Crippen MR) is 122 cm³/mol. The number of aryl methyl sites for hydroxylation is 1. The van der Waals surface area contributed by atoms with Crippen molar-refractivity contribution in [1.82, 2.24) is 9.78 Å². The molecule has 3 aromatic rings. The summed E-state index contributed by atoms with van der Waals surface area (Å²) in [5.41, 5.74) is 2.50. The number of carbonyl (C=O) groups is 2. The van der Waals surface area contributed by atoms with E-state index in [1.165, 1.54) is 28.9 Å². The summed E-state index contributed by atoms with van der Waals surface area (Å²) in [5.74, 6) is -1.66. The Balaban J connectivity index is 1.35. The van der Waals surface area contributed by atoms with E-state index < -0.39 is 24.3 Å². The standard InChI is InChI=1S/C23H22ClFN4O4/c1-15-21(22(24)29(27-15)19-6-2-16(25)3-7-19)23(31)33-14-20(30)26-17-4-8-18(9-5-17)28-10-12-32-13-11-28/h2-9H,10-14H2,1H3,(H,26,30). The number of anilines is 2. The van der Waals surface area contributed by atoms with Crippen molar-refractivity contribution in [2.24, 2.45) is 0 Å². The van der Waals surface area contributed by atoms with Gasteiger partial charge < -0.3 is 19.7 Å². The van der Waals surface area contributed by atoms with E-state index in [0.29, 0.717) is 30.3 Å². The molecule has 1 amide bonds. The maximum Gasteiger partial charge on any atom is 0.343 e. The fraction of sp³-hybridized carbons (Fsp3) is 0.261. The zero-order chi connectivity index (χ0) is 23.4. The van der Waals surface area contributed by atoms with Crippen LogP contribution >= 0.6 is 11.6 Å². The van der Waals surface area contributed by atoms with Gasteiger partial charge in [-0.1, -0.05) is 11.6 Å². The van der Waals surface area contributed by atoms with Crippen LogP contribution in [0.25, 0.3) is 5.69 Å². The van der Waals surface area contributed by atoms with E-state index >= 15 is 0 Å². The summed E-state index contributed by atoms with van der Waals surface area (Å²) in [6, 6.07) is 12.9. The van der Waals surface area contributed by atoms with Crippen molar-refractivity contribution in [3.05, 3.63) is 70.8 Å². The van der Waals surface area contributed by atoms with Crippen molar-refractivity contribution in [2.45, 2.75) is 6.92 Å². The van der Waals surface area contributed by atoms with Gasteiger partial charge in [-0.25, -0.2) is 13.9 Å². The molecule has 1 aliphatic heterocycles. The minimum atomic E-state index is -0.774. The molecule has 0 radical (unpaired) electrons. The molecule has 8 nitrogen and oxygen atoms in total. The van der Waals surface area contributed by atoms with Gasteiger partial charge in [0, 0.05) is 24.5 Å². The topological polar surface area (TPSA) is 85.7 Å². The molecular weight excluding hydrogens is 451 g/mol. The quantitative estimate of drug-likeness (QED) is 0.552. The number of morpholine rings is 1. The second-order valence-electron chi connectivity index (χ2n) is 7.41. The number of amides is 1. The van der Waals surface area contributed by atoms with Crippen molar-refractivity contribution < 1.29 is 23.5 Å². The molecular formula is C23H22ClFN4O4. The number of nitrogens with zero attached hydrogens (tertiary/aromatic N) is 3. The second kappa shape index (κ2) is 10.0. The number of halogens is 2. The Hall–Kier alpha value is -3.43. The van der Waals surface area contributed by atoms with Crippen LogP contribution in [0.5, 0.6) is 0 Å². The molecule has 1 saturated heterocycles. The van der Waals surface area contributed by atoms with Crippen LogP contribution in [-0.2, 0) is 14.3 Å². The van der Waals surface area contributed by atoms with Crippen LogP contribution in [0.1, 0.15) is 16.1 Å². The smallest absolute Gasteiger partial charge is 0.343 e. The molecule has 0 saturated carbocycles.